The Balaban J connectivity index is 0.00000208. The molecule has 0 aliphatic rings. The number of halogens is 1. The summed E-state index contributed by atoms with van der Waals surface area (Å²) in [6.07, 6.45) is 1.71. The van der Waals surface area contributed by atoms with Crippen LogP contribution in [0.2, 0.25) is 0 Å². The summed E-state index contributed by atoms with van der Waals surface area (Å²) in [7, 11) is 0. The lowest BCUT2D eigenvalue weighted by Gasteiger charge is -2.14. The summed E-state index contributed by atoms with van der Waals surface area (Å²) < 4.78 is 0. The second kappa shape index (κ2) is 8.14. The van der Waals surface area contributed by atoms with E-state index in [2.05, 4.69) is 15.2 Å². The van der Waals surface area contributed by atoms with E-state index in [1.165, 1.54) is 6.20 Å². The molecule has 0 unspecified atom stereocenters. The highest BCUT2D eigenvalue weighted by Crippen LogP contribution is 2.16. The molecule has 3 aromatic rings. The van der Waals surface area contributed by atoms with E-state index in [-0.39, 0.29) is 30.7 Å². The number of nitrogens with zero attached hydrogens (tertiary/aromatic N) is 4. The van der Waals surface area contributed by atoms with Gasteiger partial charge in [0.25, 0.3) is 5.95 Å². The summed E-state index contributed by atoms with van der Waals surface area (Å²) in [5.74, 6) is 5.63. The summed E-state index contributed by atoms with van der Waals surface area (Å²) in [6, 6.07) is 18.9. The molecule has 2 aromatic carbocycles. The van der Waals surface area contributed by atoms with Crippen molar-refractivity contribution in [1.29, 1.82) is 0 Å². The monoisotopic (exact) mass is 341 g/mol. The number of carbonyl (C=O) groups is 1. The van der Waals surface area contributed by atoms with Gasteiger partial charge >= 0.3 is 0 Å². The highest BCUT2D eigenvalue weighted by atomic mass is 35.5. The SMILES string of the molecule is Cl.NN(C(=O)Cc1ccccc1)c1nncc(-c2ccccc2)n1. The number of aromatic nitrogens is 3. The summed E-state index contributed by atoms with van der Waals surface area (Å²) in [5, 5.41) is 8.67. The second-order valence-electron chi connectivity index (χ2n) is 4.93. The Hall–Kier alpha value is -2.83. The maximum Gasteiger partial charge on any atom is 0.267 e. The Morgan fingerprint density at radius 1 is 1.00 bits per heavy atom. The highest BCUT2D eigenvalue weighted by Gasteiger charge is 2.16. The molecule has 0 saturated heterocycles. The van der Waals surface area contributed by atoms with Gasteiger partial charge < -0.3 is 0 Å². The van der Waals surface area contributed by atoms with E-state index >= 15 is 0 Å². The fourth-order valence-electron chi connectivity index (χ4n) is 2.11. The normalized spacial score (nSPS) is 9.88. The summed E-state index contributed by atoms with van der Waals surface area (Å²) >= 11 is 0. The molecule has 1 heterocycles. The molecule has 1 amide bonds. The lowest BCUT2D eigenvalue weighted by Crippen LogP contribution is -2.40. The fraction of sp³-hybridized carbons (Fsp3) is 0.0588. The number of amides is 1. The van der Waals surface area contributed by atoms with Gasteiger partial charge in [-0.15, -0.1) is 17.5 Å². The van der Waals surface area contributed by atoms with Gasteiger partial charge in [-0.2, -0.15) is 5.10 Å². The van der Waals surface area contributed by atoms with Gasteiger partial charge in [-0.25, -0.2) is 15.8 Å². The fourth-order valence-corrected chi connectivity index (χ4v) is 2.11. The molecule has 0 spiro atoms. The van der Waals surface area contributed by atoms with Gasteiger partial charge in [-0.3, -0.25) is 4.79 Å². The van der Waals surface area contributed by atoms with Crippen molar-refractivity contribution in [2.75, 3.05) is 5.01 Å². The largest absolute Gasteiger partial charge is 0.273 e. The molecule has 6 nitrogen and oxygen atoms in total. The molecule has 0 aliphatic carbocycles. The molecule has 0 saturated carbocycles. The van der Waals surface area contributed by atoms with E-state index in [1.807, 2.05) is 60.7 Å². The molecule has 0 atom stereocenters. The van der Waals surface area contributed by atoms with Gasteiger partial charge in [0.2, 0.25) is 5.91 Å². The maximum atomic E-state index is 12.3. The molecule has 3 rings (SSSR count). The number of carbonyl (C=O) groups excluding carboxylic acids is 1. The predicted octanol–water partition coefficient (Wildman–Crippen LogP) is 2.41. The number of hydrogen-bond donors (Lipinski definition) is 1. The third kappa shape index (κ3) is 4.13. The minimum absolute atomic E-state index is 0. The van der Waals surface area contributed by atoms with Gasteiger partial charge in [0.05, 0.1) is 18.3 Å². The number of anilines is 1. The maximum absolute atomic E-state index is 12.3. The molecule has 0 radical (unpaired) electrons. The van der Waals surface area contributed by atoms with Crippen LogP contribution in [0.3, 0.4) is 0 Å². The highest BCUT2D eigenvalue weighted by molar-refractivity contribution is 5.92. The van der Waals surface area contributed by atoms with Crippen molar-refractivity contribution in [3.8, 4) is 11.3 Å². The van der Waals surface area contributed by atoms with Crippen LogP contribution in [0, 0.1) is 0 Å². The van der Waals surface area contributed by atoms with E-state index < -0.39 is 0 Å². The van der Waals surface area contributed by atoms with Crippen molar-refractivity contribution < 1.29 is 4.79 Å². The minimum atomic E-state index is -0.303. The van der Waals surface area contributed by atoms with Crippen LogP contribution < -0.4 is 10.9 Å². The second-order valence-corrected chi connectivity index (χ2v) is 4.93. The first kappa shape index (κ1) is 17.5. The molecule has 0 bridgehead atoms. The molecule has 0 fully saturated rings. The first-order valence-corrected chi connectivity index (χ1v) is 7.11. The molecule has 0 aliphatic heterocycles. The Labute approximate surface area is 145 Å². The lowest BCUT2D eigenvalue weighted by atomic mass is 10.1. The van der Waals surface area contributed by atoms with E-state index in [1.54, 1.807) is 0 Å². The summed E-state index contributed by atoms with van der Waals surface area (Å²) in [6.45, 7) is 0. The van der Waals surface area contributed by atoms with Gasteiger partial charge in [0.1, 0.15) is 0 Å². The minimum Gasteiger partial charge on any atom is -0.273 e. The van der Waals surface area contributed by atoms with Crippen molar-refractivity contribution in [3.05, 3.63) is 72.4 Å². The van der Waals surface area contributed by atoms with Crippen LogP contribution >= 0.6 is 12.4 Å². The van der Waals surface area contributed by atoms with Crippen LogP contribution in [0.25, 0.3) is 11.3 Å². The van der Waals surface area contributed by atoms with Crippen molar-refractivity contribution >= 4 is 24.3 Å². The zero-order chi connectivity index (χ0) is 16.1. The van der Waals surface area contributed by atoms with Gasteiger partial charge in [0, 0.05) is 5.56 Å². The standard InChI is InChI=1S/C17H15N5O.ClH/c18-22(16(23)11-13-7-3-1-4-8-13)17-20-15(12-19-21-17)14-9-5-2-6-10-14;/h1-10,12H,11,18H2;1H. The van der Waals surface area contributed by atoms with Crippen molar-refractivity contribution in [1.82, 2.24) is 15.2 Å². The quantitative estimate of drug-likeness (QED) is 0.447. The molecule has 1 aromatic heterocycles. The van der Waals surface area contributed by atoms with Crippen LogP contribution in [0.4, 0.5) is 5.95 Å². The molecule has 2 N–H and O–H groups in total. The zero-order valence-electron chi connectivity index (χ0n) is 12.7. The third-order valence-electron chi connectivity index (χ3n) is 3.30. The molecular formula is C17H16ClN5O. The number of hydrogen-bond acceptors (Lipinski definition) is 5. The molecular weight excluding hydrogens is 326 g/mol. The zero-order valence-corrected chi connectivity index (χ0v) is 13.6. The van der Waals surface area contributed by atoms with Crippen molar-refractivity contribution in [3.63, 3.8) is 0 Å². The number of benzene rings is 2. The molecule has 7 heteroatoms. The summed E-state index contributed by atoms with van der Waals surface area (Å²) in [4.78, 5) is 16.6. The average molecular weight is 342 g/mol. The van der Waals surface area contributed by atoms with E-state index in [4.69, 9.17) is 5.84 Å². The van der Waals surface area contributed by atoms with Gasteiger partial charge in [-0.05, 0) is 5.56 Å². The Morgan fingerprint density at radius 3 is 2.29 bits per heavy atom. The molecule has 122 valence electrons. The van der Waals surface area contributed by atoms with E-state index in [0.29, 0.717) is 5.69 Å². The van der Waals surface area contributed by atoms with E-state index in [0.717, 1.165) is 16.1 Å². The number of nitrogens with two attached hydrogens (primary N) is 1. The van der Waals surface area contributed by atoms with Crippen LogP contribution in [0.1, 0.15) is 5.56 Å². The van der Waals surface area contributed by atoms with Crippen molar-refractivity contribution in [2.45, 2.75) is 6.42 Å². The van der Waals surface area contributed by atoms with Crippen LogP contribution in [0.5, 0.6) is 0 Å². The first-order valence-electron chi connectivity index (χ1n) is 7.11. The number of hydrazine groups is 1. The van der Waals surface area contributed by atoms with Crippen LogP contribution in [0.15, 0.2) is 66.9 Å². The Bertz CT molecular complexity index is 798. The third-order valence-corrected chi connectivity index (χ3v) is 3.30. The summed E-state index contributed by atoms with van der Waals surface area (Å²) in [5.41, 5.74) is 2.37. The van der Waals surface area contributed by atoms with Gasteiger partial charge in [0.15, 0.2) is 0 Å². The Morgan fingerprint density at radius 2 is 1.62 bits per heavy atom. The van der Waals surface area contributed by atoms with E-state index in [9.17, 15) is 4.79 Å². The topological polar surface area (TPSA) is 85.0 Å². The van der Waals surface area contributed by atoms with Crippen LogP contribution in [-0.4, -0.2) is 21.1 Å². The van der Waals surface area contributed by atoms with Crippen LogP contribution in [-0.2, 0) is 11.2 Å². The number of rotatable bonds is 4. The van der Waals surface area contributed by atoms with Gasteiger partial charge in [-0.1, -0.05) is 60.7 Å². The van der Waals surface area contributed by atoms with Crippen molar-refractivity contribution in [2.24, 2.45) is 5.84 Å². The lowest BCUT2D eigenvalue weighted by molar-refractivity contribution is -0.118. The molecule has 24 heavy (non-hydrogen) atoms. The smallest absolute Gasteiger partial charge is 0.267 e. The average Bonchev–Trinajstić information content (AvgIpc) is 2.63. The predicted molar refractivity (Wildman–Crippen MR) is 94.3 cm³/mol. The Kier molecular flexibility index (Phi) is 5.95. The first-order chi connectivity index (χ1) is 11.2.